The predicted molar refractivity (Wildman–Crippen MR) is 148 cm³/mol. The Bertz CT molecular complexity index is 1510. The van der Waals surface area contributed by atoms with Crippen molar-refractivity contribution in [3.05, 3.63) is 93.4 Å². The Labute approximate surface area is 225 Å². The van der Waals surface area contributed by atoms with Gasteiger partial charge in [0.25, 0.3) is 11.5 Å². The molecule has 0 radical (unpaired) electrons. The Morgan fingerprint density at radius 3 is 2.55 bits per heavy atom. The summed E-state index contributed by atoms with van der Waals surface area (Å²) in [5, 5.41) is 5.40. The number of rotatable bonds is 12. The summed E-state index contributed by atoms with van der Waals surface area (Å²) in [5.41, 5.74) is 0.440. The van der Waals surface area contributed by atoms with Crippen LogP contribution in [0.1, 0.15) is 30.2 Å². The van der Waals surface area contributed by atoms with E-state index in [1.165, 1.54) is 18.2 Å². The summed E-state index contributed by atoms with van der Waals surface area (Å²) >= 11 is 6.07. The van der Waals surface area contributed by atoms with Gasteiger partial charge in [-0.15, -0.1) is 0 Å². The molecule has 12 heteroatoms. The van der Waals surface area contributed by atoms with E-state index in [1.807, 2.05) is 0 Å². The average Bonchev–Trinajstić information content (AvgIpc) is 2.85. The monoisotopic (exact) mass is 558 g/mol. The largest absolute Gasteiger partial charge is 0.480 e. The van der Waals surface area contributed by atoms with Gasteiger partial charge < -0.3 is 20.4 Å². The fourth-order valence-electron chi connectivity index (χ4n) is 3.55. The number of carbonyl (C=O) groups excluding carboxylic acids is 2. The molecular weight excluding hydrogens is 532 g/mol. The van der Waals surface area contributed by atoms with Crippen LogP contribution in [-0.2, 0) is 25.4 Å². The van der Waals surface area contributed by atoms with Crippen LogP contribution in [0.4, 0.5) is 11.4 Å². The van der Waals surface area contributed by atoms with E-state index in [1.54, 1.807) is 50.2 Å². The van der Waals surface area contributed by atoms with E-state index in [2.05, 4.69) is 26.9 Å². The maximum atomic E-state index is 13.2. The second-order valence-electron chi connectivity index (χ2n) is 8.30. The van der Waals surface area contributed by atoms with Crippen LogP contribution >= 0.6 is 11.6 Å². The molecule has 0 fully saturated rings. The number of aromatic nitrogens is 1. The molecular formula is C26H27ClN4O6S. The fourth-order valence-corrected chi connectivity index (χ4v) is 4.94. The van der Waals surface area contributed by atoms with E-state index >= 15 is 0 Å². The number of halogens is 1. The number of ether oxygens (including phenoxy) is 1. The zero-order chi connectivity index (χ0) is 27.9. The quantitative estimate of drug-likeness (QED) is 0.249. The Morgan fingerprint density at radius 1 is 1.18 bits per heavy atom. The van der Waals surface area contributed by atoms with E-state index in [0.717, 1.165) is 0 Å². The molecule has 2 amide bonds. The number of amides is 2. The molecule has 0 aliphatic heterocycles. The molecule has 0 aliphatic carbocycles. The van der Waals surface area contributed by atoms with Gasteiger partial charge in [-0.25, -0.2) is 8.42 Å². The lowest BCUT2D eigenvalue weighted by molar-refractivity contribution is -0.122. The number of hydrogen-bond donors (Lipinski definition) is 4. The molecule has 0 spiro atoms. The van der Waals surface area contributed by atoms with Crippen LogP contribution in [0.2, 0.25) is 5.02 Å². The fraction of sp³-hybridized carbons (Fsp3) is 0.192. The number of aromatic amines is 1. The van der Waals surface area contributed by atoms with Crippen molar-refractivity contribution in [2.45, 2.75) is 32.1 Å². The molecule has 2 aromatic carbocycles. The Balaban J connectivity index is 1.87. The molecule has 4 N–H and O–H groups in total. The second kappa shape index (κ2) is 12.4. The van der Waals surface area contributed by atoms with E-state index in [-0.39, 0.29) is 35.0 Å². The van der Waals surface area contributed by atoms with Gasteiger partial charge in [0.15, 0.2) is 6.10 Å². The smallest absolute Gasteiger partial charge is 0.274 e. The van der Waals surface area contributed by atoms with E-state index in [0.29, 0.717) is 28.3 Å². The van der Waals surface area contributed by atoms with Gasteiger partial charge in [0.1, 0.15) is 11.4 Å². The summed E-state index contributed by atoms with van der Waals surface area (Å²) < 4.78 is 33.8. The first-order valence-electron chi connectivity index (χ1n) is 11.5. The maximum Gasteiger partial charge on any atom is 0.274 e. The standard InChI is InChI=1S/C26H27ClN4O6S/c1-4-22(37-23-11-10-19(27)13-20(23)17(3)28-15-32)25(33)30-21-12-16(2)29-26(34)24(21)31-38(35,36)14-18-8-6-5-7-9-18/h5-13,15,22,31H,3-4,14H2,1-2H3,(H,28,32)(H2,29,30,33,34). The van der Waals surface area contributed by atoms with Crippen LogP contribution in [0.3, 0.4) is 0 Å². The first kappa shape index (κ1) is 28.5. The van der Waals surface area contributed by atoms with Crippen molar-refractivity contribution in [2.75, 3.05) is 10.0 Å². The highest BCUT2D eigenvalue weighted by Gasteiger charge is 2.24. The molecule has 3 aromatic rings. The molecule has 1 atom stereocenters. The highest BCUT2D eigenvalue weighted by molar-refractivity contribution is 7.91. The predicted octanol–water partition coefficient (Wildman–Crippen LogP) is 3.79. The third kappa shape index (κ3) is 7.46. The van der Waals surface area contributed by atoms with Crippen molar-refractivity contribution in [3.63, 3.8) is 0 Å². The maximum absolute atomic E-state index is 13.2. The van der Waals surface area contributed by atoms with Crippen LogP contribution in [0.5, 0.6) is 5.75 Å². The van der Waals surface area contributed by atoms with Crippen LogP contribution in [0, 0.1) is 6.92 Å². The summed E-state index contributed by atoms with van der Waals surface area (Å²) in [4.78, 5) is 39.3. The topological polar surface area (TPSA) is 146 Å². The van der Waals surface area contributed by atoms with Crippen molar-refractivity contribution in [1.82, 2.24) is 10.3 Å². The lowest BCUT2D eigenvalue weighted by Gasteiger charge is -2.21. The molecule has 0 saturated carbocycles. The number of H-pyrrole nitrogens is 1. The highest BCUT2D eigenvalue weighted by atomic mass is 35.5. The number of anilines is 2. The van der Waals surface area contributed by atoms with Crippen LogP contribution in [0.15, 0.2) is 66.0 Å². The van der Waals surface area contributed by atoms with Gasteiger partial charge in [0.2, 0.25) is 16.4 Å². The van der Waals surface area contributed by atoms with Gasteiger partial charge in [-0.2, -0.15) is 0 Å². The third-order valence-corrected chi connectivity index (χ3v) is 6.78. The van der Waals surface area contributed by atoms with Crippen molar-refractivity contribution >= 4 is 51.0 Å². The summed E-state index contributed by atoms with van der Waals surface area (Å²) in [7, 11) is -3.99. The molecule has 200 valence electrons. The number of aryl methyl sites for hydroxylation is 1. The second-order valence-corrected chi connectivity index (χ2v) is 10.5. The van der Waals surface area contributed by atoms with E-state index in [9.17, 15) is 22.8 Å². The van der Waals surface area contributed by atoms with Crippen LogP contribution in [0.25, 0.3) is 5.70 Å². The van der Waals surface area contributed by atoms with Crippen molar-refractivity contribution in [1.29, 1.82) is 0 Å². The van der Waals surface area contributed by atoms with E-state index < -0.39 is 27.6 Å². The average molecular weight is 559 g/mol. The number of benzene rings is 2. The molecule has 1 unspecified atom stereocenters. The van der Waals surface area contributed by atoms with E-state index in [4.69, 9.17) is 16.3 Å². The molecule has 10 nitrogen and oxygen atoms in total. The van der Waals surface area contributed by atoms with Gasteiger partial charge >= 0.3 is 0 Å². The molecule has 1 heterocycles. The Kier molecular flexibility index (Phi) is 9.32. The number of sulfonamides is 1. The third-order valence-electron chi connectivity index (χ3n) is 5.32. The van der Waals surface area contributed by atoms with Crippen LogP contribution in [-0.4, -0.2) is 31.8 Å². The highest BCUT2D eigenvalue weighted by Crippen LogP contribution is 2.29. The first-order valence-corrected chi connectivity index (χ1v) is 13.5. The minimum absolute atomic E-state index is 0.0294. The zero-order valence-corrected chi connectivity index (χ0v) is 22.3. The number of carbonyl (C=O) groups is 2. The number of nitrogens with one attached hydrogen (secondary N) is 4. The van der Waals surface area contributed by atoms with Crippen molar-refractivity contribution in [3.8, 4) is 5.75 Å². The normalized spacial score (nSPS) is 11.8. The molecule has 0 bridgehead atoms. The number of pyridine rings is 1. The van der Waals surface area contributed by atoms with Gasteiger partial charge in [-0.3, -0.25) is 19.1 Å². The van der Waals surface area contributed by atoms with Gasteiger partial charge in [-0.05, 0) is 43.2 Å². The summed E-state index contributed by atoms with van der Waals surface area (Å²) in [6.07, 6.45) is -0.377. The van der Waals surface area contributed by atoms with Gasteiger partial charge in [0.05, 0.1) is 11.4 Å². The number of hydrogen-bond acceptors (Lipinski definition) is 6. The molecule has 1 aromatic heterocycles. The summed E-state index contributed by atoms with van der Waals surface area (Å²) in [6.45, 7) is 7.08. The minimum Gasteiger partial charge on any atom is -0.480 e. The molecule has 3 rings (SSSR count). The molecule has 38 heavy (non-hydrogen) atoms. The Morgan fingerprint density at radius 2 is 1.89 bits per heavy atom. The summed E-state index contributed by atoms with van der Waals surface area (Å²) in [5.74, 6) is -0.759. The molecule has 0 saturated heterocycles. The van der Waals surface area contributed by atoms with Crippen molar-refractivity contribution in [2.24, 2.45) is 0 Å². The SMILES string of the molecule is C=C(NC=O)c1cc(Cl)ccc1OC(CC)C(=O)Nc1cc(C)[nH]c(=O)c1NS(=O)(=O)Cc1ccccc1. The lowest BCUT2D eigenvalue weighted by atomic mass is 10.1. The minimum atomic E-state index is -3.99. The first-order chi connectivity index (χ1) is 18.0. The molecule has 0 aliphatic rings. The zero-order valence-electron chi connectivity index (χ0n) is 20.7. The Hall–Kier alpha value is -4.09. The summed E-state index contributed by atoms with van der Waals surface area (Å²) in [6, 6.07) is 14.5. The van der Waals surface area contributed by atoms with Crippen molar-refractivity contribution < 1.29 is 22.7 Å². The van der Waals surface area contributed by atoms with Gasteiger partial charge in [0, 0.05) is 22.0 Å². The van der Waals surface area contributed by atoms with Gasteiger partial charge in [-0.1, -0.05) is 55.4 Å². The van der Waals surface area contributed by atoms with Crippen LogP contribution < -0.4 is 25.7 Å². The lowest BCUT2D eigenvalue weighted by Crippen LogP contribution is -2.34.